The van der Waals surface area contributed by atoms with Crippen LogP contribution in [0.2, 0.25) is 0 Å². The minimum atomic E-state index is -0.673. The summed E-state index contributed by atoms with van der Waals surface area (Å²) in [5.41, 5.74) is 0. The summed E-state index contributed by atoms with van der Waals surface area (Å²) in [5, 5.41) is 0. The van der Waals surface area contributed by atoms with Crippen LogP contribution in [0.5, 0.6) is 0 Å². The van der Waals surface area contributed by atoms with Gasteiger partial charge in [-0.3, -0.25) is 0 Å². The van der Waals surface area contributed by atoms with Gasteiger partial charge in [-0.05, 0) is 0 Å². The van der Waals surface area contributed by atoms with E-state index in [2.05, 4.69) is 0 Å². The highest BCUT2D eigenvalue weighted by Crippen LogP contribution is 2.16. The molecule has 0 amide bonds. The smallest absolute Gasteiger partial charge is 0.102 e. The fourth-order valence-electron chi connectivity index (χ4n) is 0. The lowest BCUT2D eigenvalue weighted by atomic mass is 10.9. The van der Waals surface area contributed by atoms with Crippen molar-refractivity contribution in [2.24, 2.45) is 0 Å². The molecule has 0 atom stereocenters. The van der Waals surface area contributed by atoms with Crippen molar-refractivity contribution in [3.05, 3.63) is 0 Å². The Morgan fingerprint density at radius 1 is 0.714 bits per heavy atom. The summed E-state index contributed by atoms with van der Waals surface area (Å²) in [7, 11) is 0. The van der Waals surface area contributed by atoms with Crippen molar-refractivity contribution in [1.29, 1.82) is 0 Å². The van der Waals surface area contributed by atoms with Crippen LogP contribution in [0.4, 0.5) is 0 Å². The highest BCUT2D eigenvalue weighted by Gasteiger charge is 2.06. The number of hydrogen-bond acceptors (Lipinski definition) is 0. The van der Waals surface area contributed by atoms with E-state index in [1.807, 2.05) is 0 Å². The summed E-state index contributed by atoms with van der Waals surface area (Å²) in [6, 6.07) is 0. The number of halogens is 4. The predicted molar refractivity (Wildman–Crippen MR) is 37.7 cm³/mol. The van der Waals surface area contributed by atoms with Gasteiger partial charge in [0.2, 0.25) is 0 Å². The van der Waals surface area contributed by atoms with E-state index in [1.165, 1.54) is 0 Å². The van der Waals surface area contributed by atoms with Gasteiger partial charge in [0.25, 0.3) is 0 Å². The SMILES string of the molecule is C.ClC(Cl)C(Cl)Cl. The molecule has 0 spiro atoms. The van der Waals surface area contributed by atoms with Gasteiger partial charge in [-0.25, -0.2) is 0 Å². The first-order valence-electron chi connectivity index (χ1n) is 1.21. The Morgan fingerprint density at radius 3 is 0.857 bits per heavy atom. The molecule has 0 radical (unpaired) electrons. The van der Waals surface area contributed by atoms with Gasteiger partial charge >= 0.3 is 0 Å². The van der Waals surface area contributed by atoms with Crippen molar-refractivity contribution in [2.75, 3.05) is 0 Å². The summed E-state index contributed by atoms with van der Waals surface area (Å²) in [5.74, 6) is 0. The van der Waals surface area contributed by atoms with E-state index in [1.54, 1.807) is 0 Å². The molecule has 0 aliphatic rings. The number of alkyl halides is 4. The van der Waals surface area contributed by atoms with Crippen molar-refractivity contribution >= 4 is 46.4 Å². The van der Waals surface area contributed by atoms with Crippen LogP contribution in [0, 0.1) is 0 Å². The molecule has 0 rings (SSSR count). The van der Waals surface area contributed by atoms with E-state index in [9.17, 15) is 0 Å². The molecule has 0 saturated heterocycles. The molecule has 0 fully saturated rings. The third-order valence-corrected chi connectivity index (χ3v) is 1.71. The van der Waals surface area contributed by atoms with E-state index < -0.39 is 9.67 Å². The summed E-state index contributed by atoms with van der Waals surface area (Å²) < 4.78 is 0. The van der Waals surface area contributed by atoms with Crippen LogP contribution in [-0.4, -0.2) is 9.67 Å². The zero-order valence-corrected chi connectivity index (χ0v) is 5.69. The molecule has 0 unspecified atom stereocenters. The zero-order chi connectivity index (χ0) is 5.15. The Labute approximate surface area is 63.7 Å². The van der Waals surface area contributed by atoms with Crippen molar-refractivity contribution in [1.82, 2.24) is 0 Å². The lowest BCUT2D eigenvalue weighted by Gasteiger charge is -1.95. The quantitative estimate of drug-likeness (QED) is 0.548. The lowest BCUT2D eigenvalue weighted by Crippen LogP contribution is -1.96. The van der Waals surface area contributed by atoms with Crippen LogP contribution in [0.1, 0.15) is 7.43 Å². The average Bonchev–Trinajstić information content (AvgIpc) is 1.36. The largest absolute Gasteiger partial charge is 0.137 e. The fourth-order valence-corrected chi connectivity index (χ4v) is 0. The molecule has 0 N–H and O–H groups in total. The minimum absolute atomic E-state index is 0. The molecular weight excluding hydrogens is 178 g/mol. The first-order chi connectivity index (χ1) is 2.64. The Balaban J connectivity index is 0. The Kier molecular flexibility index (Phi) is 8.35. The second kappa shape index (κ2) is 5.30. The van der Waals surface area contributed by atoms with Crippen molar-refractivity contribution < 1.29 is 0 Å². The monoisotopic (exact) mass is 182 g/mol. The molecule has 0 aliphatic heterocycles. The van der Waals surface area contributed by atoms with Crippen molar-refractivity contribution in [3.63, 3.8) is 0 Å². The van der Waals surface area contributed by atoms with Crippen LogP contribution in [-0.2, 0) is 0 Å². The highest BCUT2D eigenvalue weighted by atomic mass is 35.5. The maximum atomic E-state index is 5.11. The highest BCUT2D eigenvalue weighted by molar-refractivity contribution is 6.56. The second-order valence-corrected chi connectivity index (χ2v) is 3.00. The zero-order valence-electron chi connectivity index (χ0n) is 2.67. The van der Waals surface area contributed by atoms with Crippen LogP contribution in [0.25, 0.3) is 0 Å². The third-order valence-electron chi connectivity index (χ3n) is 0.190. The molecular formula is C3H6Cl4. The summed E-state index contributed by atoms with van der Waals surface area (Å²) in [6.07, 6.45) is 0. The Bertz CT molecular complexity index is 27.9. The van der Waals surface area contributed by atoms with E-state index in [0.29, 0.717) is 0 Å². The van der Waals surface area contributed by atoms with Crippen molar-refractivity contribution in [2.45, 2.75) is 17.1 Å². The van der Waals surface area contributed by atoms with Gasteiger partial charge in [-0.15, -0.1) is 46.4 Å². The third kappa shape index (κ3) is 7.16. The molecule has 7 heavy (non-hydrogen) atoms. The number of hydrogen-bond donors (Lipinski definition) is 0. The van der Waals surface area contributed by atoms with Gasteiger partial charge in [0.15, 0.2) is 0 Å². The van der Waals surface area contributed by atoms with Gasteiger partial charge in [0.1, 0.15) is 9.67 Å². The maximum absolute atomic E-state index is 5.11. The molecule has 0 aromatic rings. The standard InChI is InChI=1S/C2H2Cl4.CH4/c3-1(4)2(5)6;/h1-2H;1H4. The molecule has 0 nitrogen and oxygen atoms in total. The number of rotatable bonds is 1. The van der Waals surface area contributed by atoms with E-state index in [-0.39, 0.29) is 7.43 Å². The molecule has 0 bridgehead atoms. The summed E-state index contributed by atoms with van der Waals surface area (Å²) in [4.78, 5) is -1.35. The average molecular weight is 184 g/mol. The van der Waals surface area contributed by atoms with Crippen molar-refractivity contribution in [3.8, 4) is 0 Å². The van der Waals surface area contributed by atoms with Gasteiger partial charge in [-0.1, -0.05) is 7.43 Å². The van der Waals surface area contributed by atoms with E-state index in [4.69, 9.17) is 46.4 Å². The van der Waals surface area contributed by atoms with E-state index >= 15 is 0 Å². The van der Waals surface area contributed by atoms with E-state index in [0.717, 1.165) is 0 Å². The second-order valence-electron chi connectivity index (χ2n) is 0.669. The molecule has 0 aromatic carbocycles. The Morgan fingerprint density at radius 2 is 0.857 bits per heavy atom. The van der Waals surface area contributed by atoms with Crippen LogP contribution in [0.15, 0.2) is 0 Å². The molecule has 4 heteroatoms. The fraction of sp³-hybridized carbons (Fsp3) is 1.00. The van der Waals surface area contributed by atoms with Gasteiger partial charge in [0.05, 0.1) is 0 Å². The molecule has 0 heterocycles. The predicted octanol–water partition coefficient (Wildman–Crippen LogP) is 3.23. The molecule has 0 saturated carbocycles. The lowest BCUT2D eigenvalue weighted by molar-refractivity contribution is 1.29. The van der Waals surface area contributed by atoms with Crippen LogP contribution in [0.3, 0.4) is 0 Å². The first-order valence-corrected chi connectivity index (χ1v) is 2.95. The maximum Gasteiger partial charge on any atom is 0.137 e. The summed E-state index contributed by atoms with van der Waals surface area (Å²) >= 11 is 20.5. The topological polar surface area (TPSA) is 0 Å². The summed E-state index contributed by atoms with van der Waals surface area (Å²) in [6.45, 7) is 0. The van der Waals surface area contributed by atoms with Crippen LogP contribution < -0.4 is 0 Å². The Hall–Kier alpha value is 1.16. The van der Waals surface area contributed by atoms with Crippen LogP contribution >= 0.6 is 46.4 Å². The normalized spacial score (nSPS) is 9.43. The minimum Gasteiger partial charge on any atom is -0.102 e. The van der Waals surface area contributed by atoms with Gasteiger partial charge < -0.3 is 0 Å². The molecule has 46 valence electrons. The first kappa shape index (κ1) is 11.0. The molecule has 0 aromatic heterocycles. The molecule has 0 aliphatic carbocycles. The van der Waals surface area contributed by atoms with Gasteiger partial charge in [-0.2, -0.15) is 0 Å². The van der Waals surface area contributed by atoms with Gasteiger partial charge in [0, 0.05) is 0 Å².